The molecule has 0 fully saturated rings. The average Bonchev–Trinajstić information content (AvgIpc) is 2.93. The summed E-state index contributed by atoms with van der Waals surface area (Å²) < 4.78 is 13.2. The largest absolute Gasteiger partial charge is 0.384 e. The van der Waals surface area contributed by atoms with Crippen molar-refractivity contribution in [3.8, 4) is 0 Å². The van der Waals surface area contributed by atoms with Crippen LogP contribution in [0.3, 0.4) is 0 Å². The molecule has 0 bridgehead atoms. The van der Waals surface area contributed by atoms with E-state index in [0.29, 0.717) is 0 Å². The lowest BCUT2D eigenvalue weighted by Crippen LogP contribution is -2.18. The second kappa shape index (κ2) is 5.63. The molecule has 3 rings (SSSR count). The highest BCUT2D eigenvalue weighted by Gasteiger charge is 2.14. The summed E-state index contributed by atoms with van der Waals surface area (Å²) in [7, 11) is 0. The Morgan fingerprint density at radius 1 is 1.25 bits per heavy atom. The first-order chi connectivity index (χ1) is 9.74. The van der Waals surface area contributed by atoms with Crippen LogP contribution in [0.1, 0.15) is 29.7 Å². The summed E-state index contributed by atoms with van der Waals surface area (Å²) in [6, 6.07) is 13.3. The van der Waals surface area contributed by atoms with Crippen LogP contribution < -0.4 is 10.6 Å². The van der Waals surface area contributed by atoms with Gasteiger partial charge in [0.2, 0.25) is 0 Å². The lowest BCUT2D eigenvalue weighted by Gasteiger charge is -2.16. The highest BCUT2D eigenvalue weighted by Crippen LogP contribution is 2.26. The SMILES string of the molecule is C[C@@H](NCc1cccc2c1NCC2)c1cccc(F)c1. The molecule has 2 aromatic carbocycles. The predicted octanol–water partition coefficient (Wildman–Crippen LogP) is 3.64. The van der Waals surface area contributed by atoms with E-state index in [0.717, 1.165) is 25.1 Å². The van der Waals surface area contributed by atoms with Gasteiger partial charge in [0, 0.05) is 24.8 Å². The minimum Gasteiger partial charge on any atom is -0.384 e. The highest BCUT2D eigenvalue weighted by atomic mass is 19.1. The number of anilines is 1. The van der Waals surface area contributed by atoms with Crippen LogP contribution in [-0.2, 0) is 13.0 Å². The van der Waals surface area contributed by atoms with Gasteiger partial charge in [-0.2, -0.15) is 0 Å². The first-order valence-corrected chi connectivity index (χ1v) is 7.07. The van der Waals surface area contributed by atoms with Gasteiger partial charge in [0.25, 0.3) is 0 Å². The van der Waals surface area contributed by atoms with Gasteiger partial charge in [0.05, 0.1) is 0 Å². The van der Waals surface area contributed by atoms with Crippen LogP contribution in [0.4, 0.5) is 10.1 Å². The number of nitrogens with one attached hydrogen (secondary N) is 2. The molecule has 20 heavy (non-hydrogen) atoms. The Hall–Kier alpha value is -1.87. The Labute approximate surface area is 119 Å². The maximum atomic E-state index is 13.2. The standard InChI is InChI=1S/C17H19FN2/c1-12(14-5-3-7-16(18)10-14)20-11-15-6-2-4-13-8-9-19-17(13)15/h2-7,10,12,19-20H,8-9,11H2,1H3/t12-/m1/s1. The number of hydrogen-bond acceptors (Lipinski definition) is 2. The topological polar surface area (TPSA) is 24.1 Å². The summed E-state index contributed by atoms with van der Waals surface area (Å²) in [5.74, 6) is -0.182. The monoisotopic (exact) mass is 270 g/mol. The van der Waals surface area contributed by atoms with Crippen LogP contribution in [0, 0.1) is 5.82 Å². The number of rotatable bonds is 4. The van der Waals surface area contributed by atoms with Gasteiger partial charge in [0.1, 0.15) is 5.82 Å². The predicted molar refractivity (Wildman–Crippen MR) is 80.3 cm³/mol. The fourth-order valence-corrected chi connectivity index (χ4v) is 2.72. The Kier molecular flexibility index (Phi) is 3.70. The Morgan fingerprint density at radius 2 is 2.10 bits per heavy atom. The number of fused-ring (bicyclic) bond motifs is 1. The van der Waals surface area contributed by atoms with E-state index in [1.807, 2.05) is 6.07 Å². The molecule has 0 saturated carbocycles. The zero-order valence-electron chi connectivity index (χ0n) is 11.6. The molecule has 0 aliphatic carbocycles. The Morgan fingerprint density at radius 3 is 2.95 bits per heavy atom. The van der Waals surface area contributed by atoms with Gasteiger partial charge in [-0.15, -0.1) is 0 Å². The van der Waals surface area contributed by atoms with Crippen molar-refractivity contribution in [1.82, 2.24) is 5.32 Å². The molecule has 104 valence electrons. The molecule has 0 unspecified atom stereocenters. The molecule has 2 N–H and O–H groups in total. The second-order valence-corrected chi connectivity index (χ2v) is 5.29. The van der Waals surface area contributed by atoms with Crippen LogP contribution in [0.15, 0.2) is 42.5 Å². The molecule has 0 radical (unpaired) electrons. The Balaban J connectivity index is 1.69. The number of para-hydroxylation sites is 1. The lowest BCUT2D eigenvalue weighted by molar-refractivity contribution is 0.565. The van der Waals surface area contributed by atoms with Crippen LogP contribution in [0.5, 0.6) is 0 Å². The molecule has 1 aliphatic heterocycles. The normalized spacial score (nSPS) is 14.7. The van der Waals surface area contributed by atoms with E-state index in [4.69, 9.17) is 0 Å². The highest BCUT2D eigenvalue weighted by molar-refractivity contribution is 5.61. The third-order valence-electron chi connectivity index (χ3n) is 3.88. The lowest BCUT2D eigenvalue weighted by atomic mass is 10.1. The molecule has 2 nitrogen and oxygen atoms in total. The van der Waals surface area contributed by atoms with Crippen molar-refractivity contribution in [3.63, 3.8) is 0 Å². The quantitative estimate of drug-likeness (QED) is 0.886. The zero-order chi connectivity index (χ0) is 13.9. The molecule has 2 aromatic rings. The van der Waals surface area contributed by atoms with E-state index < -0.39 is 0 Å². The van der Waals surface area contributed by atoms with E-state index in [-0.39, 0.29) is 11.9 Å². The van der Waals surface area contributed by atoms with Crippen molar-refractivity contribution < 1.29 is 4.39 Å². The van der Waals surface area contributed by atoms with Crippen LogP contribution in [-0.4, -0.2) is 6.54 Å². The van der Waals surface area contributed by atoms with E-state index in [2.05, 4.69) is 35.8 Å². The van der Waals surface area contributed by atoms with E-state index in [1.54, 1.807) is 12.1 Å². The third kappa shape index (κ3) is 2.68. The van der Waals surface area contributed by atoms with E-state index >= 15 is 0 Å². The Bertz CT molecular complexity index is 610. The van der Waals surface area contributed by atoms with Crippen molar-refractivity contribution >= 4 is 5.69 Å². The fourth-order valence-electron chi connectivity index (χ4n) is 2.72. The number of benzene rings is 2. The molecule has 0 spiro atoms. The van der Waals surface area contributed by atoms with Gasteiger partial charge in [-0.1, -0.05) is 30.3 Å². The summed E-state index contributed by atoms with van der Waals surface area (Å²) in [6.45, 7) is 3.87. The molecule has 1 heterocycles. The molecule has 0 aromatic heterocycles. The minimum absolute atomic E-state index is 0.128. The first-order valence-electron chi connectivity index (χ1n) is 7.07. The zero-order valence-corrected chi connectivity index (χ0v) is 11.6. The summed E-state index contributed by atoms with van der Waals surface area (Å²) in [4.78, 5) is 0. The molecule has 0 saturated heterocycles. The van der Waals surface area contributed by atoms with Crippen molar-refractivity contribution in [2.24, 2.45) is 0 Å². The maximum absolute atomic E-state index is 13.2. The molecule has 3 heteroatoms. The molecule has 0 amide bonds. The van der Waals surface area contributed by atoms with E-state index in [9.17, 15) is 4.39 Å². The van der Waals surface area contributed by atoms with Gasteiger partial charge in [-0.05, 0) is 42.2 Å². The van der Waals surface area contributed by atoms with Crippen LogP contribution in [0.25, 0.3) is 0 Å². The smallest absolute Gasteiger partial charge is 0.123 e. The fraction of sp³-hybridized carbons (Fsp3) is 0.294. The van der Waals surface area contributed by atoms with Gasteiger partial charge in [-0.25, -0.2) is 4.39 Å². The summed E-state index contributed by atoms with van der Waals surface area (Å²) in [6.07, 6.45) is 1.10. The van der Waals surface area contributed by atoms with E-state index in [1.165, 1.54) is 22.9 Å². The van der Waals surface area contributed by atoms with Gasteiger partial charge in [0.15, 0.2) is 0 Å². The van der Waals surface area contributed by atoms with Gasteiger partial charge >= 0.3 is 0 Å². The maximum Gasteiger partial charge on any atom is 0.123 e. The number of hydrogen-bond donors (Lipinski definition) is 2. The van der Waals surface area contributed by atoms with Crippen LogP contribution >= 0.6 is 0 Å². The van der Waals surface area contributed by atoms with Crippen molar-refractivity contribution in [2.45, 2.75) is 25.9 Å². The summed E-state index contributed by atoms with van der Waals surface area (Å²) in [5.41, 5.74) is 4.92. The molecule has 1 aliphatic rings. The third-order valence-corrected chi connectivity index (χ3v) is 3.88. The van der Waals surface area contributed by atoms with Gasteiger partial charge in [-0.3, -0.25) is 0 Å². The van der Waals surface area contributed by atoms with Crippen LogP contribution in [0.2, 0.25) is 0 Å². The molecular weight excluding hydrogens is 251 g/mol. The van der Waals surface area contributed by atoms with Crippen molar-refractivity contribution in [3.05, 3.63) is 65.0 Å². The first kappa shape index (κ1) is 13.1. The molecular formula is C17H19FN2. The van der Waals surface area contributed by atoms with Crippen molar-refractivity contribution in [1.29, 1.82) is 0 Å². The summed E-state index contributed by atoms with van der Waals surface area (Å²) in [5, 5.41) is 6.91. The minimum atomic E-state index is -0.182. The van der Waals surface area contributed by atoms with Gasteiger partial charge < -0.3 is 10.6 Å². The second-order valence-electron chi connectivity index (χ2n) is 5.29. The van der Waals surface area contributed by atoms with Crippen molar-refractivity contribution in [2.75, 3.05) is 11.9 Å². The number of halogens is 1. The molecule has 1 atom stereocenters. The summed E-state index contributed by atoms with van der Waals surface area (Å²) >= 11 is 0. The average molecular weight is 270 g/mol.